The van der Waals surface area contributed by atoms with E-state index in [4.69, 9.17) is 4.74 Å². The second kappa shape index (κ2) is 7.77. The molecule has 0 aliphatic carbocycles. The van der Waals surface area contributed by atoms with Gasteiger partial charge < -0.3 is 15.4 Å². The number of nitrogens with one attached hydrogen (secondary N) is 3. The van der Waals surface area contributed by atoms with Crippen LogP contribution in [-0.4, -0.2) is 54.4 Å². The average Bonchev–Trinajstić information content (AvgIpc) is 2.77. The fourth-order valence-corrected chi connectivity index (χ4v) is 1.11. The molecule has 0 unspecified atom stereocenters. The summed E-state index contributed by atoms with van der Waals surface area (Å²) >= 11 is 0. The Morgan fingerprint density at radius 3 is 3.12 bits per heavy atom. The first kappa shape index (κ1) is 12.6. The molecule has 0 bridgehead atoms. The Kier molecular flexibility index (Phi) is 6.12. The van der Waals surface area contributed by atoms with E-state index < -0.39 is 0 Å². The van der Waals surface area contributed by atoms with Gasteiger partial charge in [0.2, 0.25) is 5.91 Å². The number of methoxy groups -OCH3 is 1. The monoisotopic (exact) mass is 227 g/mol. The van der Waals surface area contributed by atoms with Crippen LogP contribution in [-0.2, 0) is 16.0 Å². The fourth-order valence-electron chi connectivity index (χ4n) is 1.11. The highest BCUT2D eigenvalue weighted by Crippen LogP contribution is 1.84. The summed E-state index contributed by atoms with van der Waals surface area (Å²) < 4.78 is 4.84. The number of carbonyl (C=O) groups is 1. The van der Waals surface area contributed by atoms with Gasteiger partial charge in [0.1, 0.15) is 12.2 Å². The highest BCUT2D eigenvalue weighted by Gasteiger charge is 2.00. The van der Waals surface area contributed by atoms with Gasteiger partial charge in [0.25, 0.3) is 0 Å². The molecule has 16 heavy (non-hydrogen) atoms. The van der Waals surface area contributed by atoms with Crippen LogP contribution in [0.15, 0.2) is 6.33 Å². The normalized spacial score (nSPS) is 10.3. The van der Waals surface area contributed by atoms with Gasteiger partial charge in [-0.15, -0.1) is 0 Å². The van der Waals surface area contributed by atoms with Crippen molar-refractivity contribution in [2.75, 3.05) is 33.4 Å². The second-order valence-electron chi connectivity index (χ2n) is 3.20. The molecule has 0 saturated heterocycles. The van der Waals surface area contributed by atoms with Crippen molar-refractivity contribution in [1.82, 2.24) is 25.8 Å². The van der Waals surface area contributed by atoms with Crippen LogP contribution in [0.4, 0.5) is 0 Å². The molecule has 0 atom stereocenters. The van der Waals surface area contributed by atoms with Gasteiger partial charge >= 0.3 is 0 Å². The molecule has 1 heterocycles. The first-order chi connectivity index (χ1) is 7.83. The van der Waals surface area contributed by atoms with Gasteiger partial charge in [-0.05, 0) is 0 Å². The molecular weight excluding hydrogens is 210 g/mol. The zero-order valence-electron chi connectivity index (χ0n) is 9.32. The SMILES string of the molecule is COCCNCC(=O)NCCc1ncn[nH]1. The summed E-state index contributed by atoms with van der Waals surface area (Å²) in [6.45, 7) is 2.14. The van der Waals surface area contributed by atoms with E-state index in [1.165, 1.54) is 6.33 Å². The Balaban J connectivity index is 1.98. The van der Waals surface area contributed by atoms with Crippen LogP contribution < -0.4 is 10.6 Å². The third-order valence-electron chi connectivity index (χ3n) is 1.92. The van der Waals surface area contributed by atoms with Crippen LogP contribution in [0.5, 0.6) is 0 Å². The lowest BCUT2D eigenvalue weighted by Crippen LogP contribution is -2.36. The van der Waals surface area contributed by atoms with Crippen molar-refractivity contribution in [1.29, 1.82) is 0 Å². The van der Waals surface area contributed by atoms with E-state index in [2.05, 4.69) is 25.8 Å². The molecule has 0 saturated carbocycles. The number of hydrogen-bond acceptors (Lipinski definition) is 5. The lowest BCUT2D eigenvalue weighted by atomic mass is 10.4. The van der Waals surface area contributed by atoms with Gasteiger partial charge in [-0.2, -0.15) is 5.10 Å². The number of aromatic nitrogens is 3. The lowest BCUT2D eigenvalue weighted by molar-refractivity contribution is -0.120. The maximum Gasteiger partial charge on any atom is 0.233 e. The van der Waals surface area contributed by atoms with E-state index in [0.717, 1.165) is 5.82 Å². The number of amides is 1. The van der Waals surface area contributed by atoms with Crippen molar-refractivity contribution in [3.05, 3.63) is 12.2 Å². The van der Waals surface area contributed by atoms with Crippen molar-refractivity contribution >= 4 is 5.91 Å². The number of carbonyl (C=O) groups excluding carboxylic acids is 1. The summed E-state index contributed by atoms with van der Waals surface area (Å²) in [5.41, 5.74) is 0. The summed E-state index contributed by atoms with van der Waals surface area (Å²) in [7, 11) is 1.62. The van der Waals surface area contributed by atoms with Gasteiger partial charge in [-0.1, -0.05) is 0 Å². The minimum Gasteiger partial charge on any atom is -0.383 e. The van der Waals surface area contributed by atoms with Crippen LogP contribution in [0.3, 0.4) is 0 Å². The van der Waals surface area contributed by atoms with Crippen LogP contribution in [0, 0.1) is 0 Å². The molecule has 0 aliphatic rings. The zero-order valence-corrected chi connectivity index (χ0v) is 9.32. The Morgan fingerprint density at radius 1 is 1.56 bits per heavy atom. The Morgan fingerprint density at radius 2 is 2.44 bits per heavy atom. The van der Waals surface area contributed by atoms with Crippen molar-refractivity contribution in [3.63, 3.8) is 0 Å². The number of nitrogens with zero attached hydrogens (tertiary/aromatic N) is 2. The minimum absolute atomic E-state index is 0.0318. The number of aromatic amines is 1. The molecule has 1 aromatic rings. The fraction of sp³-hybridized carbons (Fsp3) is 0.667. The van der Waals surface area contributed by atoms with Crippen molar-refractivity contribution < 1.29 is 9.53 Å². The Bertz CT molecular complexity index is 288. The molecule has 7 heteroatoms. The van der Waals surface area contributed by atoms with E-state index in [1.807, 2.05) is 0 Å². The maximum absolute atomic E-state index is 11.3. The van der Waals surface area contributed by atoms with Crippen molar-refractivity contribution in [2.45, 2.75) is 6.42 Å². The molecule has 0 fully saturated rings. The highest BCUT2D eigenvalue weighted by molar-refractivity contribution is 5.77. The van der Waals surface area contributed by atoms with Crippen molar-refractivity contribution in [3.8, 4) is 0 Å². The third kappa shape index (κ3) is 5.42. The molecule has 0 spiro atoms. The predicted molar refractivity (Wildman–Crippen MR) is 57.8 cm³/mol. The van der Waals surface area contributed by atoms with E-state index >= 15 is 0 Å². The predicted octanol–water partition coefficient (Wildman–Crippen LogP) is -1.30. The Labute approximate surface area is 94.0 Å². The number of H-pyrrole nitrogens is 1. The molecule has 0 aromatic carbocycles. The lowest BCUT2D eigenvalue weighted by Gasteiger charge is -2.05. The van der Waals surface area contributed by atoms with E-state index in [1.54, 1.807) is 7.11 Å². The van der Waals surface area contributed by atoms with Crippen LogP contribution in [0.25, 0.3) is 0 Å². The molecule has 1 aromatic heterocycles. The van der Waals surface area contributed by atoms with Gasteiger partial charge in [0.05, 0.1) is 13.2 Å². The summed E-state index contributed by atoms with van der Waals surface area (Å²) in [4.78, 5) is 15.2. The molecule has 0 aliphatic heterocycles. The summed E-state index contributed by atoms with van der Waals surface area (Å²) in [6.07, 6.45) is 2.10. The minimum atomic E-state index is -0.0318. The summed E-state index contributed by atoms with van der Waals surface area (Å²) in [5.74, 6) is 0.739. The second-order valence-corrected chi connectivity index (χ2v) is 3.20. The zero-order chi connectivity index (χ0) is 11.6. The van der Waals surface area contributed by atoms with Gasteiger partial charge in [0, 0.05) is 26.6 Å². The third-order valence-corrected chi connectivity index (χ3v) is 1.92. The topological polar surface area (TPSA) is 91.9 Å². The van der Waals surface area contributed by atoms with Crippen LogP contribution in [0.2, 0.25) is 0 Å². The first-order valence-electron chi connectivity index (χ1n) is 5.13. The summed E-state index contributed by atoms with van der Waals surface area (Å²) in [5, 5.41) is 12.2. The Hall–Kier alpha value is -1.47. The molecule has 0 radical (unpaired) electrons. The number of rotatable bonds is 8. The maximum atomic E-state index is 11.3. The summed E-state index contributed by atoms with van der Waals surface area (Å²) in [6, 6.07) is 0. The highest BCUT2D eigenvalue weighted by atomic mass is 16.5. The van der Waals surface area contributed by atoms with E-state index in [9.17, 15) is 4.79 Å². The quantitative estimate of drug-likeness (QED) is 0.480. The van der Waals surface area contributed by atoms with Gasteiger partial charge in [0.15, 0.2) is 0 Å². The molecule has 1 rings (SSSR count). The molecule has 7 nitrogen and oxygen atoms in total. The van der Waals surface area contributed by atoms with Gasteiger partial charge in [-0.3, -0.25) is 9.89 Å². The standard InChI is InChI=1S/C9H17N5O2/c1-16-5-4-10-6-9(15)11-3-2-8-12-7-13-14-8/h7,10H,2-6H2,1H3,(H,11,15)(H,12,13,14). The number of ether oxygens (including phenoxy) is 1. The largest absolute Gasteiger partial charge is 0.383 e. The van der Waals surface area contributed by atoms with Crippen LogP contribution >= 0.6 is 0 Å². The van der Waals surface area contributed by atoms with Gasteiger partial charge in [-0.25, -0.2) is 4.98 Å². The van der Waals surface area contributed by atoms with E-state index in [0.29, 0.717) is 32.7 Å². The van der Waals surface area contributed by atoms with Crippen LogP contribution in [0.1, 0.15) is 5.82 Å². The molecule has 90 valence electrons. The molecule has 1 amide bonds. The average molecular weight is 227 g/mol. The van der Waals surface area contributed by atoms with Crippen molar-refractivity contribution in [2.24, 2.45) is 0 Å². The number of hydrogen-bond donors (Lipinski definition) is 3. The molecular formula is C9H17N5O2. The smallest absolute Gasteiger partial charge is 0.233 e. The first-order valence-corrected chi connectivity index (χ1v) is 5.13. The molecule has 3 N–H and O–H groups in total. The van der Waals surface area contributed by atoms with E-state index in [-0.39, 0.29) is 5.91 Å².